The maximum atomic E-state index is 5.64. The van der Waals surface area contributed by atoms with Crippen molar-refractivity contribution in [2.24, 2.45) is 0 Å². The van der Waals surface area contributed by atoms with Crippen molar-refractivity contribution in [1.29, 1.82) is 0 Å². The average Bonchev–Trinajstić information content (AvgIpc) is 2.32. The number of nitrogens with one attached hydrogen (secondary N) is 1. The number of rotatable bonds is 8. The van der Waals surface area contributed by atoms with Crippen LogP contribution in [-0.2, 0) is 6.54 Å². The van der Waals surface area contributed by atoms with E-state index in [2.05, 4.69) is 43.1 Å². The maximum absolute atomic E-state index is 5.64. The molecule has 18 heavy (non-hydrogen) atoms. The van der Waals surface area contributed by atoms with Crippen molar-refractivity contribution >= 4 is 0 Å². The lowest BCUT2D eigenvalue weighted by Gasteiger charge is -2.11. The third-order valence-corrected chi connectivity index (χ3v) is 2.47. The molecule has 0 amide bonds. The molecule has 102 valence electrons. The van der Waals surface area contributed by atoms with E-state index in [1.54, 1.807) is 0 Å². The maximum Gasteiger partial charge on any atom is 0.213 e. The fraction of sp³-hybridized carbons (Fsp3) is 0.643. The van der Waals surface area contributed by atoms with Crippen molar-refractivity contribution in [2.45, 2.75) is 32.9 Å². The molecule has 0 spiro atoms. The minimum atomic E-state index is 0.469. The Morgan fingerprint density at radius 3 is 2.78 bits per heavy atom. The van der Waals surface area contributed by atoms with Crippen LogP contribution < -0.4 is 10.1 Å². The first kappa shape index (κ1) is 14.9. The molecule has 0 bridgehead atoms. The van der Waals surface area contributed by atoms with Crippen LogP contribution in [0.3, 0.4) is 0 Å². The summed E-state index contributed by atoms with van der Waals surface area (Å²) in [6.45, 7) is 6.79. The van der Waals surface area contributed by atoms with Crippen LogP contribution in [0.15, 0.2) is 18.2 Å². The Morgan fingerprint density at radius 1 is 1.33 bits per heavy atom. The number of ether oxygens (including phenoxy) is 1. The van der Waals surface area contributed by atoms with Gasteiger partial charge in [-0.05, 0) is 26.6 Å². The minimum Gasteiger partial charge on any atom is -0.478 e. The third kappa shape index (κ3) is 6.57. The van der Waals surface area contributed by atoms with E-state index in [1.807, 2.05) is 18.2 Å². The topological polar surface area (TPSA) is 37.4 Å². The van der Waals surface area contributed by atoms with Gasteiger partial charge in [0.15, 0.2) is 0 Å². The van der Waals surface area contributed by atoms with Crippen LogP contribution >= 0.6 is 0 Å². The first-order chi connectivity index (χ1) is 8.58. The summed E-state index contributed by atoms with van der Waals surface area (Å²) in [6.07, 6.45) is 1.02. The quantitative estimate of drug-likeness (QED) is 0.716. The molecule has 1 rings (SSSR count). The Balaban J connectivity index is 2.34. The normalized spacial score (nSPS) is 11.2. The van der Waals surface area contributed by atoms with E-state index >= 15 is 0 Å². The van der Waals surface area contributed by atoms with Crippen molar-refractivity contribution in [2.75, 3.05) is 27.2 Å². The van der Waals surface area contributed by atoms with Gasteiger partial charge in [0.05, 0.1) is 12.3 Å². The minimum absolute atomic E-state index is 0.469. The van der Waals surface area contributed by atoms with Gasteiger partial charge in [-0.3, -0.25) is 0 Å². The average molecular weight is 251 g/mol. The third-order valence-electron chi connectivity index (χ3n) is 2.47. The Labute approximate surface area is 110 Å². The van der Waals surface area contributed by atoms with Crippen molar-refractivity contribution < 1.29 is 4.74 Å². The molecule has 0 aliphatic heterocycles. The lowest BCUT2D eigenvalue weighted by atomic mass is 10.3. The fourth-order valence-corrected chi connectivity index (χ4v) is 1.50. The van der Waals surface area contributed by atoms with Gasteiger partial charge >= 0.3 is 0 Å². The van der Waals surface area contributed by atoms with E-state index in [4.69, 9.17) is 4.74 Å². The number of pyridine rings is 1. The van der Waals surface area contributed by atoms with E-state index in [9.17, 15) is 0 Å². The van der Waals surface area contributed by atoms with Gasteiger partial charge in [-0.1, -0.05) is 19.9 Å². The second-order valence-corrected chi connectivity index (χ2v) is 5.01. The Morgan fingerprint density at radius 2 is 2.11 bits per heavy atom. The zero-order valence-electron chi connectivity index (χ0n) is 11.9. The van der Waals surface area contributed by atoms with Gasteiger partial charge in [-0.15, -0.1) is 0 Å². The van der Waals surface area contributed by atoms with Crippen LogP contribution in [0.4, 0.5) is 0 Å². The standard InChI is InChI=1S/C14H25N3O/c1-12(2)15-11-13-7-5-8-14(16-13)18-10-6-9-17(3)4/h5,7-8,12,15H,6,9-11H2,1-4H3. The molecule has 0 radical (unpaired) electrons. The molecule has 0 unspecified atom stereocenters. The number of nitrogens with zero attached hydrogens (tertiary/aromatic N) is 2. The molecule has 1 N–H and O–H groups in total. The first-order valence-corrected chi connectivity index (χ1v) is 6.55. The van der Waals surface area contributed by atoms with Crippen LogP contribution in [0.5, 0.6) is 5.88 Å². The van der Waals surface area contributed by atoms with Crippen molar-refractivity contribution in [3.8, 4) is 5.88 Å². The highest BCUT2D eigenvalue weighted by atomic mass is 16.5. The van der Waals surface area contributed by atoms with E-state index in [-0.39, 0.29) is 0 Å². The van der Waals surface area contributed by atoms with Gasteiger partial charge < -0.3 is 15.0 Å². The predicted molar refractivity (Wildman–Crippen MR) is 74.9 cm³/mol. The number of aromatic nitrogens is 1. The molecule has 1 aromatic rings. The lowest BCUT2D eigenvalue weighted by molar-refractivity contribution is 0.272. The highest BCUT2D eigenvalue weighted by molar-refractivity contribution is 5.15. The molecule has 4 nitrogen and oxygen atoms in total. The monoisotopic (exact) mass is 251 g/mol. The highest BCUT2D eigenvalue weighted by Crippen LogP contribution is 2.08. The number of hydrogen-bond donors (Lipinski definition) is 1. The summed E-state index contributed by atoms with van der Waals surface area (Å²) < 4.78 is 5.64. The summed E-state index contributed by atoms with van der Waals surface area (Å²) in [5.74, 6) is 0.719. The molecule has 1 aromatic heterocycles. The van der Waals surface area contributed by atoms with Crippen molar-refractivity contribution in [3.05, 3.63) is 23.9 Å². The highest BCUT2D eigenvalue weighted by Gasteiger charge is 2.00. The van der Waals surface area contributed by atoms with Gasteiger partial charge in [-0.25, -0.2) is 4.98 Å². The van der Waals surface area contributed by atoms with Crippen LogP contribution in [0, 0.1) is 0 Å². The zero-order chi connectivity index (χ0) is 13.4. The van der Waals surface area contributed by atoms with E-state index in [0.29, 0.717) is 12.6 Å². The van der Waals surface area contributed by atoms with Gasteiger partial charge in [0.1, 0.15) is 0 Å². The molecular formula is C14H25N3O. The molecule has 0 saturated carbocycles. The molecule has 0 fully saturated rings. The predicted octanol–water partition coefficient (Wildman–Crippen LogP) is 1.91. The Bertz CT molecular complexity index is 340. The summed E-state index contributed by atoms with van der Waals surface area (Å²) in [7, 11) is 4.13. The smallest absolute Gasteiger partial charge is 0.213 e. The van der Waals surface area contributed by atoms with Crippen molar-refractivity contribution in [1.82, 2.24) is 15.2 Å². The van der Waals surface area contributed by atoms with Gasteiger partial charge in [0.2, 0.25) is 5.88 Å². The largest absolute Gasteiger partial charge is 0.478 e. The van der Waals surface area contributed by atoms with Crippen LogP contribution in [-0.4, -0.2) is 43.2 Å². The Hall–Kier alpha value is -1.13. The number of hydrogen-bond acceptors (Lipinski definition) is 4. The summed E-state index contributed by atoms with van der Waals surface area (Å²) in [5, 5.41) is 3.35. The zero-order valence-corrected chi connectivity index (χ0v) is 11.9. The molecule has 0 atom stereocenters. The van der Waals surface area contributed by atoms with Gasteiger partial charge in [-0.2, -0.15) is 0 Å². The first-order valence-electron chi connectivity index (χ1n) is 6.55. The molecule has 0 aliphatic carbocycles. The van der Waals surface area contributed by atoms with Crippen LogP contribution in [0.2, 0.25) is 0 Å². The van der Waals surface area contributed by atoms with Crippen molar-refractivity contribution in [3.63, 3.8) is 0 Å². The molecule has 0 aromatic carbocycles. The fourth-order valence-electron chi connectivity index (χ4n) is 1.50. The van der Waals surface area contributed by atoms with Gasteiger partial charge in [0.25, 0.3) is 0 Å². The summed E-state index contributed by atoms with van der Waals surface area (Å²) in [5.41, 5.74) is 1.02. The molecule has 0 saturated heterocycles. The Kier molecular flexibility index (Phi) is 6.68. The van der Waals surface area contributed by atoms with E-state index < -0.39 is 0 Å². The van der Waals surface area contributed by atoms with E-state index in [0.717, 1.165) is 31.1 Å². The molecule has 0 aliphatic rings. The lowest BCUT2D eigenvalue weighted by Crippen LogP contribution is -2.22. The summed E-state index contributed by atoms with van der Waals surface area (Å²) >= 11 is 0. The van der Waals surface area contributed by atoms with Gasteiger partial charge in [0, 0.05) is 25.2 Å². The van der Waals surface area contributed by atoms with Crippen LogP contribution in [0.1, 0.15) is 26.0 Å². The van der Waals surface area contributed by atoms with E-state index in [1.165, 1.54) is 0 Å². The SMILES string of the molecule is CC(C)NCc1cccc(OCCCN(C)C)n1. The molecule has 1 heterocycles. The summed E-state index contributed by atoms with van der Waals surface area (Å²) in [4.78, 5) is 6.62. The second-order valence-electron chi connectivity index (χ2n) is 5.01. The molecular weight excluding hydrogens is 226 g/mol. The molecule has 4 heteroatoms. The summed E-state index contributed by atoms with van der Waals surface area (Å²) in [6, 6.07) is 6.39. The van der Waals surface area contributed by atoms with Crippen LogP contribution in [0.25, 0.3) is 0 Å². The second kappa shape index (κ2) is 8.06.